The summed E-state index contributed by atoms with van der Waals surface area (Å²) >= 11 is 0. The highest BCUT2D eigenvalue weighted by molar-refractivity contribution is 5.24. The van der Waals surface area contributed by atoms with Crippen molar-refractivity contribution in [1.29, 1.82) is 0 Å². The van der Waals surface area contributed by atoms with Gasteiger partial charge in [-0.25, -0.2) is 0 Å². The number of nitrogens with zero attached hydrogens (tertiary/aromatic N) is 1. The Hall–Kier alpha value is -2.46. The third kappa shape index (κ3) is 4.38. The van der Waals surface area contributed by atoms with Crippen LogP contribution in [0.5, 0.6) is 0 Å². The molecule has 0 fully saturated rings. The van der Waals surface area contributed by atoms with Crippen molar-refractivity contribution in [3.05, 3.63) is 108 Å². The molecule has 0 unspecified atom stereocenters. The van der Waals surface area contributed by atoms with Gasteiger partial charge in [-0.15, -0.1) is 0 Å². The average Bonchev–Trinajstić information content (AvgIpc) is 2.71. The average molecular weight is 347 g/mol. The van der Waals surface area contributed by atoms with E-state index in [0.717, 1.165) is 16.7 Å². The van der Waals surface area contributed by atoms with Gasteiger partial charge in [0.2, 0.25) is 0 Å². The predicted octanol–water partition coefficient (Wildman–Crippen LogP) is 3.96. The smallest absolute Gasteiger partial charge is 0.0628 e. The van der Waals surface area contributed by atoms with E-state index in [0.29, 0.717) is 6.54 Å². The molecular weight excluding hydrogens is 322 g/mol. The summed E-state index contributed by atoms with van der Waals surface area (Å²) in [4.78, 5) is 2.18. The Labute approximate surface area is 155 Å². The second kappa shape index (κ2) is 9.30. The maximum atomic E-state index is 10.2. The molecule has 0 radical (unpaired) electrons. The Balaban J connectivity index is 2.00. The monoisotopic (exact) mass is 347 g/mol. The fraction of sp³-hybridized carbons (Fsp3) is 0.217. The van der Waals surface area contributed by atoms with Crippen LogP contribution >= 0.6 is 0 Å². The lowest BCUT2D eigenvalue weighted by Crippen LogP contribution is -2.36. The topological polar surface area (TPSA) is 43.7 Å². The fourth-order valence-corrected chi connectivity index (χ4v) is 3.39. The first-order valence-electron chi connectivity index (χ1n) is 8.94. The molecule has 0 aliphatic carbocycles. The van der Waals surface area contributed by atoms with Crippen molar-refractivity contribution >= 4 is 0 Å². The zero-order valence-corrected chi connectivity index (χ0v) is 14.8. The van der Waals surface area contributed by atoms with E-state index in [9.17, 15) is 10.2 Å². The SMILES string of the molecule is OC[C@H](c1ccccc1)N(Cc1ccccc1)[C@@H](CO)c1ccccc1. The minimum atomic E-state index is -0.200. The molecule has 2 atom stereocenters. The lowest BCUT2D eigenvalue weighted by Gasteiger charge is -2.37. The third-order valence-electron chi connectivity index (χ3n) is 4.72. The van der Waals surface area contributed by atoms with Crippen LogP contribution in [-0.2, 0) is 6.54 Å². The molecule has 3 aromatic carbocycles. The van der Waals surface area contributed by atoms with E-state index in [4.69, 9.17) is 0 Å². The molecule has 134 valence electrons. The summed E-state index contributed by atoms with van der Waals surface area (Å²) in [6.45, 7) is 0.613. The Bertz CT molecular complexity index is 714. The first-order chi connectivity index (χ1) is 12.8. The molecule has 0 amide bonds. The molecule has 3 aromatic rings. The van der Waals surface area contributed by atoms with Crippen molar-refractivity contribution in [2.45, 2.75) is 18.6 Å². The van der Waals surface area contributed by atoms with E-state index in [2.05, 4.69) is 17.0 Å². The maximum Gasteiger partial charge on any atom is 0.0628 e. The number of rotatable bonds is 8. The van der Waals surface area contributed by atoms with Crippen molar-refractivity contribution in [3.8, 4) is 0 Å². The largest absolute Gasteiger partial charge is 0.394 e. The summed E-state index contributed by atoms with van der Waals surface area (Å²) in [5.41, 5.74) is 3.23. The normalized spacial score (nSPS) is 13.5. The molecule has 3 rings (SSSR count). The summed E-state index contributed by atoms with van der Waals surface area (Å²) in [5, 5.41) is 20.4. The minimum absolute atomic E-state index is 0.0137. The van der Waals surface area contributed by atoms with Gasteiger partial charge >= 0.3 is 0 Å². The molecule has 2 N–H and O–H groups in total. The zero-order chi connectivity index (χ0) is 18.2. The molecule has 0 aliphatic heterocycles. The van der Waals surface area contributed by atoms with Gasteiger partial charge in [0, 0.05) is 6.54 Å². The van der Waals surface area contributed by atoms with Crippen LogP contribution in [0.4, 0.5) is 0 Å². The summed E-state index contributed by atoms with van der Waals surface area (Å²) in [7, 11) is 0. The highest BCUT2D eigenvalue weighted by atomic mass is 16.3. The molecule has 3 heteroatoms. The van der Waals surface area contributed by atoms with Gasteiger partial charge in [-0.05, 0) is 16.7 Å². The Morgan fingerprint density at radius 3 is 1.35 bits per heavy atom. The summed E-state index contributed by atoms with van der Waals surface area (Å²) < 4.78 is 0. The number of hydrogen-bond acceptors (Lipinski definition) is 3. The zero-order valence-electron chi connectivity index (χ0n) is 14.8. The number of aliphatic hydroxyl groups is 2. The van der Waals surface area contributed by atoms with Crippen LogP contribution in [0.15, 0.2) is 91.0 Å². The molecule has 0 heterocycles. The van der Waals surface area contributed by atoms with Crippen LogP contribution in [0.2, 0.25) is 0 Å². The van der Waals surface area contributed by atoms with E-state index < -0.39 is 0 Å². The Morgan fingerprint density at radius 2 is 0.962 bits per heavy atom. The van der Waals surface area contributed by atoms with Crippen LogP contribution in [0.25, 0.3) is 0 Å². The van der Waals surface area contributed by atoms with Crippen molar-refractivity contribution < 1.29 is 10.2 Å². The highest BCUT2D eigenvalue weighted by Gasteiger charge is 2.28. The quantitative estimate of drug-likeness (QED) is 0.648. The highest BCUT2D eigenvalue weighted by Crippen LogP contribution is 2.32. The van der Waals surface area contributed by atoms with E-state index in [1.165, 1.54) is 0 Å². The van der Waals surface area contributed by atoms with Crippen molar-refractivity contribution in [3.63, 3.8) is 0 Å². The number of aliphatic hydroxyl groups excluding tert-OH is 2. The Morgan fingerprint density at radius 1 is 0.577 bits per heavy atom. The maximum absolute atomic E-state index is 10.2. The van der Waals surface area contributed by atoms with Gasteiger partial charge < -0.3 is 10.2 Å². The lowest BCUT2D eigenvalue weighted by atomic mass is 9.98. The molecular formula is C23H25NO2. The van der Waals surface area contributed by atoms with Gasteiger partial charge in [0.15, 0.2) is 0 Å². The third-order valence-corrected chi connectivity index (χ3v) is 4.72. The van der Waals surface area contributed by atoms with Crippen LogP contribution < -0.4 is 0 Å². The van der Waals surface area contributed by atoms with Gasteiger partial charge in [0.05, 0.1) is 25.3 Å². The first kappa shape index (κ1) is 18.3. The number of benzene rings is 3. The second-order valence-electron chi connectivity index (χ2n) is 6.38. The molecule has 0 bridgehead atoms. The van der Waals surface area contributed by atoms with Crippen LogP contribution in [0.3, 0.4) is 0 Å². The molecule has 26 heavy (non-hydrogen) atoms. The summed E-state index contributed by atoms with van der Waals surface area (Å²) in [6.07, 6.45) is 0. The Kier molecular flexibility index (Phi) is 6.56. The summed E-state index contributed by atoms with van der Waals surface area (Å²) in [5.74, 6) is 0. The first-order valence-corrected chi connectivity index (χ1v) is 8.94. The molecule has 0 aliphatic rings. The molecule has 0 aromatic heterocycles. The van der Waals surface area contributed by atoms with Gasteiger partial charge in [-0.2, -0.15) is 0 Å². The number of hydrogen-bond donors (Lipinski definition) is 2. The van der Waals surface area contributed by atoms with Crippen molar-refractivity contribution in [2.24, 2.45) is 0 Å². The van der Waals surface area contributed by atoms with Crippen molar-refractivity contribution in [1.82, 2.24) is 4.90 Å². The molecule has 3 nitrogen and oxygen atoms in total. The van der Waals surface area contributed by atoms with Gasteiger partial charge in [0.1, 0.15) is 0 Å². The van der Waals surface area contributed by atoms with E-state index >= 15 is 0 Å². The molecule has 0 saturated carbocycles. The van der Waals surface area contributed by atoms with Crippen LogP contribution in [0.1, 0.15) is 28.8 Å². The fourth-order valence-electron chi connectivity index (χ4n) is 3.39. The molecule has 0 spiro atoms. The predicted molar refractivity (Wildman–Crippen MR) is 105 cm³/mol. The van der Waals surface area contributed by atoms with Gasteiger partial charge in [-0.1, -0.05) is 91.0 Å². The van der Waals surface area contributed by atoms with E-state index in [1.54, 1.807) is 0 Å². The minimum Gasteiger partial charge on any atom is -0.394 e. The van der Waals surface area contributed by atoms with E-state index in [1.807, 2.05) is 78.9 Å². The summed E-state index contributed by atoms with van der Waals surface area (Å²) in [6, 6.07) is 29.7. The van der Waals surface area contributed by atoms with Crippen LogP contribution in [0, 0.1) is 0 Å². The van der Waals surface area contributed by atoms with Gasteiger partial charge in [-0.3, -0.25) is 4.90 Å². The lowest BCUT2D eigenvalue weighted by molar-refractivity contribution is 0.0437. The van der Waals surface area contributed by atoms with Crippen molar-refractivity contribution in [2.75, 3.05) is 13.2 Å². The standard InChI is InChI=1S/C23H25NO2/c25-17-22(20-12-6-2-7-13-20)24(16-19-10-4-1-5-11-19)23(18-26)21-14-8-3-9-15-21/h1-15,22-23,25-26H,16-18H2/t22-,23+. The van der Waals surface area contributed by atoms with Crippen LogP contribution in [-0.4, -0.2) is 28.3 Å². The molecule has 0 saturated heterocycles. The second-order valence-corrected chi connectivity index (χ2v) is 6.38. The van der Waals surface area contributed by atoms with E-state index in [-0.39, 0.29) is 25.3 Å². The van der Waals surface area contributed by atoms with Gasteiger partial charge in [0.25, 0.3) is 0 Å².